The fourth-order valence-corrected chi connectivity index (χ4v) is 4.51. The zero-order valence-corrected chi connectivity index (χ0v) is 17.3. The first-order valence-corrected chi connectivity index (χ1v) is 10.4. The van der Waals surface area contributed by atoms with Crippen LogP contribution in [0.3, 0.4) is 0 Å². The minimum Gasteiger partial charge on any atom is -0.477 e. The lowest BCUT2D eigenvalue weighted by Gasteiger charge is -2.43. The highest BCUT2D eigenvalue weighted by Crippen LogP contribution is 2.42. The van der Waals surface area contributed by atoms with Gasteiger partial charge in [0.15, 0.2) is 0 Å². The highest BCUT2D eigenvalue weighted by molar-refractivity contribution is 7.86. The molecule has 3 heterocycles. The van der Waals surface area contributed by atoms with Crippen molar-refractivity contribution in [3.8, 4) is 5.88 Å². The van der Waals surface area contributed by atoms with Gasteiger partial charge in [0.05, 0.1) is 12.7 Å². The van der Waals surface area contributed by atoms with E-state index in [2.05, 4.69) is 4.98 Å². The molecule has 1 aromatic heterocycles. The summed E-state index contributed by atoms with van der Waals surface area (Å²) in [5.41, 5.74) is -0.307. The van der Waals surface area contributed by atoms with Crippen LogP contribution in [0.5, 0.6) is 5.88 Å². The number of rotatable bonds is 5. The topological polar surface area (TPSA) is 109 Å². The Morgan fingerprint density at radius 3 is 2.63 bits per heavy atom. The Balaban J connectivity index is 0.000000396. The highest BCUT2D eigenvalue weighted by atomic mass is 32.2. The molecule has 170 valence electrons. The number of alkyl halides is 3. The zero-order chi connectivity index (χ0) is 22.6. The number of halogens is 3. The molecule has 0 aliphatic carbocycles. The molecule has 2 saturated heterocycles. The summed E-state index contributed by atoms with van der Waals surface area (Å²) in [7, 11) is -0.301. The lowest BCUT2D eigenvalue weighted by atomic mass is 9.78. The van der Waals surface area contributed by atoms with Crippen LogP contribution in [0.4, 0.5) is 13.2 Å². The fourth-order valence-electron chi connectivity index (χ4n) is 3.29. The van der Waals surface area contributed by atoms with Crippen molar-refractivity contribution in [2.45, 2.75) is 25.1 Å². The number of piperidine rings is 1. The normalized spacial score (nSPS) is 24.7. The lowest BCUT2D eigenvalue weighted by molar-refractivity contribution is -0.192. The van der Waals surface area contributed by atoms with Crippen LogP contribution in [0.2, 0.25) is 0 Å². The Morgan fingerprint density at radius 1 is 1.43 bits per heavy atom. The van der Waals surface area contributed by atoms with E-state index >= 15 is 0 Å². The van der Waals surface area contributed by atoms with Crippen molar-refractivity contribution in [3.63, 3.8) is 0 Å². The van der Waals surface area contributed by atoms with Gasteiger partial charge in [-0.3, -0.25) is 0 Å². The molecule has 0 saturated carbocycles. The van der Waals surface area contributed by atoms with Gasteiger partial charge in [0.2, 0.25) is 5.88 Å². The number of pyridine rings is 1. The summed E-state index contributed by atoms with van der Waals surface area (Å²) < 4.78 is 71.1. The number of carboxylic acid groups (broad SMARTS) is 1. The van der Waals surface area contributed by atoms with Crippen LogP contribution < -0.4 is 4.74 Å². The van der Waals surface area contributed by atoms with Crippen LogP contribution in [-0.4, -0.2) is 85.8 Å². The summed E-state index contributed by atoms with van der Waals surface area (Å²) in [6.07, 6.45) is -1.87. The highest BCUT2D eigenvalue weighted by Gasteiger charge is 2.51. The molecule has 3 rings (SSSR count). The largest absolute Gasteiger partial charge is 0.490 e. The van der Waals surface area contributed by atoms with Crippen molar-refractivity contribution >= 4 is 16.2 Å². The van der Waals surface area contributed by atoms with Gasteiger partial charge in [-0.2, -0.15) is 30.2 Å². The molecule has 0 spiro atoms. The smallest absolute Gasteiger partial charge is 0.477 e. The fraction of sp³-hybridized carbons (Fsp3) is 0.647. The van der Waals surface area contributed by atoms with E-state index in [1.54, 1.807) is 30.7 Å². The molecule has 0 amide bonds. The summed E-state index contributed by atoms with van der Waals surface area (Å²) >= 11 is 0. The van der Waals surface area contributed by atoms with Crippen LogP contribution in [0.25, 0.3) is 0 Å². The second-order valence-corrected chi connectivity index (χ2v) is 9.29. The van der Waals surface area contributed by atoms with Gasteiger partial charge in [-0.25, -0.2) is 9.78 Å². The SMILES string of the molecule is CN(C)S(=O)(=O)N1CC[C@H]2OCC[C@@]2(COc2ccccn2)C1.O=C(O)C(F)(F)F. The van der Waals surface area contributed by atoms with E-state index in [4.69, 9.17) is 19.4 Å². The van der Waals surface area contributed by atoms with Crippen molar-refractivity contribution in [2.24, 2.45) is 5.41 Å². The molecular formula is C17H24F3N3O6S. The minimum atomic E-state index is -5.08. The lowest BCUT2D eigenvalue weighted by Crippen LogP contribution is -2.56. The molecule has 0 aromatic carbocycles. The van der Waals surface area contributed by atoms with E-state index in [1.165, 1.54) is 4.31 Å². The Labute approximate surface area is 172 Å². The van der Waals surface area contributed by atoms with Gasteiger partial charge >= 0.3 is 12.1 Å². The van der Waals surface area contributed by atoms with Gasteiger partial charge < -0.3 is 14.6 Å². The minimum absolute atomic E-state index is 0.0415. The quantitative estimate of drug-likeness (QED) is 0.714. The van der Waals surface area contributed by atoms with Gasteiger partial charge in [0.1, 0.15) is 0 Å². The predicted octanol–water partition coefficient (Wildman–Crippen LogP) is 1.38. The third-order valence-corrected chi connectivity index (χ3v) is 6.80. The first-order valence-electron chi connectivity index (χ1n) is 9.02. The summed E-state index contributed by atoms with van der Waals surface area (Å²) in [4.78, 5) is 13.1. The summed E-state index contributed by atoms with van der Waals surface area (Å²) in [6.45, 7) is 1.96. The maximum atomic E-state index is 12.4. The van der Waals surface area contributed by atoms with Crippen LogP contribution in [0.1, 0.15) is 12.8 Å². The number of aliphatic carboxylic acids is 1. The number of carboxylic acids is 1. The van der Waals surface area contributed by atoms with E-state index < -0.39 is 22.4 Å². The van der Waals surface area contributed by atoms with E-state index in [1.807, 2.05) is 12.1 Å². The first-order chi connectivity index (χ1) is 13.9. The van der Waals surface area contributed by atoms with Crippen molar-refractivity contribution in [1.82, 2.24) is 13.6 Å². The Kier molecular flexibility index (Phi) is 7.66. The second kappa shape index (κ2) is 9.45. The molecule has 9 nitrogen and oxygen atoms in total. The van der Waals surface area contributed by atoms with Crippen LogP contribution in [-0.2, 0) is 19.7 Å². The van der Waals surface area contributed by atoms with E-state index in [0.717, 1.165) is 6.42 Å². The van der Waals surface area contributed by atoms with Gasteiger partial charge in [0.25, 0.3) is 10.2 Å². The van der Waals surface area contributed by atoms with Crippen LogP contribution in [0, 0.1) is 5.41 Å². The third kappa shape index (κ3) is 5.80. The van der Waals surface area contributed by atoms with Crippen LogP contribution >= 0.6 is 0 Å². The number of aromatic nitrogens is 1. The number of hydrogen-bond donors (Lipinski definition) is 1. The maximum absolute atomic E-state index is 12.4. The molecule has 2 fully saturated rings. The number of ether oxygens (including phenoxy) is 2. The number of carbonyl (C=O) groups is 1. The van der Waals surface area contributed by atoms with E-state index in [0.29, 0.717) is 38.6 Å². The van der Waals surface area contributed by atoms with Gasteiger partial charge in [-0.15, -0.1) is 0 Å². The van der Waals surface area contributed by atoms with E-state index in [-0.39, 0.29) is 11.5 Å². The van der Waals surface area contributed by atoms with Gasteiger partial charge in [-0.1, -0.05) is 6.07 Å². The molecule has 13 heteroatoms. The zero-order valence-electron chi connectivity index (χ0n) is 16.5. The molecule has 2 aliphatic rings. The number of hydrogen-bond acceptors (Lipinski definition) is 6. The molecule has 2 aliphatic heterocycles. The summed E-state index contributed by atoms with van der Waals surface area (Å²) in [5.74, 6) is -2.20. The van der Waals surface area contributed by atoms with Crippen molar-refractivity contribution in [2.75, 3.05) is 40.4 Å². The van der Waals surface area contributed by atoms with Gasteiger partial charge in [-0.05, 0) is 18.9 Å². The van der Waals surface area contributed by atoms with Crippen molar-refractivity contribution in [3.05, 3.63) is 24.4 Å². The summed E-state index contributed by atoms with van der Waals surface area (Å²) in [5, 5.41) is 7.12. The molecule has 2 atom stereocenters. The standard InChI is InChI=1S/C15H23N3O4S.C2HF3O2/c1-17(2)23(19,20)18-9-6-13-15(11-18,7-10-21-13)12-22-14-5-3-4-8-16-14;3-2(4,5)1(6)7/h3-5,8,13H,6-7,9-12H2,1-2H3;(H,6,7)/t13-,15+;/m1./s1. The molecule has 30 heavy (non-hydrogen) atoms. The molecule has 1 N–H and O–H groups in total. The Bertz CT molecular complexity index is 822. The summed E-state index contributed by atoms with van der Waals surface area (Å²) in [6, 6.07) is 5.50. The van der Waals surface area contributed by atoms with Crippen molar-refractivity contribution < 1.29 is 41.0 Å². The molecular weight excluding hydrogens is 431 g/mol. The number of fused-ring (bicyclic) bond motifs is 1. The van der Waals surface area contributed by atoms with Gasteiger partial charge in [0, 0.05) is 51.5 Å². The predicted molar refractivity (Wildman–Crippen MR) is 99.0 cm³/mol. The monoisotopic (exact) mass is 455 g/mol. The number of nitrogens with zero attached hydrogens (tertiary/aromatic N) is 3. The van der Waals surface area contributed by atoms with Crippen molar-refractivity contribution in [1.29, 1.82) is 0 Å². The average Bonchev–Trinajstić information content (AvgIpc) is 3.10. The Hall–Kier alpha value is -1.96. The first kappa shape index (κ1) is 24.3. The Morgan fingerprint density at radius 2 is 2.10 bits per heavy atom. The molecule has 0 radical (unpaired) electrons. The van der Waals surface area contributed by atoms with E-state index in [9.17, 15) is 21.6 Å². The maximum Gasteiger partial charge on any atom is 0.490 e. The molecule has 0 unspecified atom stereocenters. The molecule has 0 bridgehead atoms. The second-order valence-electron chi connectivity index (χ2n) is 7.14. The molecule has 1 aromatic rings. The third-order valence-electron chi connectivity index (χ3n) is 4.91. The average molecular weight is 455 g/mol. The van der Waals surface area contributed by atoms with Crippen LogP contribution in [0.15, 0.2) is 24.4 Å².